The van der Waals surface area contributed by atoms with Crippen molar-refractivity contribution in [2.24, 2.45) is 11.8 Å². The fraction of sp³-hybridized carbons (Fsp3) is 0.357. The second kappa shape index (κ2) is 5.73. The lowest BCUT2D eigenvalue weighted by molar-refractivity contribution is -0.140. The molecular weight excluding hydrogens is 260 g/mol. The van der Waals surface area contributed by atoms with Crippen molar-refractivity contribution in [2.75, 3.05) is 5.32 Å². The van der Waals surface area contributed by atoms with E-state index in [2.05, 4.69) is 10.6 Å². The zero-order chi connectivity index (χ0) is 14.7. The third kappa shape index (κ3) is 3.34. The van der Waals surface area contributed by atoms with E-state index >= 15 is 0 Å². The van der Waals surface area contributed by atoms with Crippen LogP contribution in [0.25, 0.3) is 0 Å². The van der Waals surface area contributed by atoms with E-state index < -0.39 is 23.8 Å². The number of anilines is 1. The van der Waals surface area contributed by atoms with Crippen LogP contribution < -0.4 is 10.6 Å². The van der Waals surface area contributed by atoms with E-state index in [1.807, 2.05) is 6.07 Å². The molecule has 6 heteroatoms. The molecule has 0 saturated heterocycles. The number of carbonyl (C=O) groups is 3. The molecule has 2 rings (SSSR count). The number of benzene rings is 1. The van der Waals surface area contributed by atoms with Gasteiger partial charge >= 0.3 is 5.97 Å². The van der Waals surface area contributed by atoms with E-state index in [1.54, 1.807) is 31.2 Å². The standard InChI is InChI=1S/C14H16N2O4/c1-8(12(17)16-9-5-3-2-4-6-9)15-13(18)10-7-11(10)14(19)20/h2-6,8,10-11H,7H2,1H3,(H,15,18)(H,16,17)(H,19,20). The molecule has 1 fully saturated rings. The minimum Gasteiger partial charge on any atom is -0.481 e. The molecule has 3 unspecified atom stereocenters. The number of nitrogens with one attached hydrogen (secondary N) is 2. The van der Waals surface area contributed by atoms with Crippen LogP contribution in [0.4, 0.5) is 5.69 Å². The highest BCUT2D eigenvalue weighted by Crippen LogP contribution is 2.38. The zero-order valence-electron chi connectivity index (χ0n) is 11.0. The molecule has 1 aliphatic carbocycles. The van der Waals surface area contributed by atoms with Gasteiger partial charge in [0.05, 0.1) is 11.8 Å². The molecular formula is C14H16N2O4. The number of carboxylic acids is 1. The summed E-state index contributed by atoms with van der Waals surface area (Å²) >= 11 is 0. The van der Waals surface area contributed by atoms with E-state index in [9.17, 15) is 14.4 Å². The molecule has 20 heavy (non-hydrogen) atoms. The van der Waals surface area contributed by atoms with Crippen LogP contribution in [0.2, 0.25) is 0 Å². The highest BCUT2D eigenvalue weighted by molar-refractivity contribution is 5.98. The topological polar surface area (TPSA) is 95.5 Å². The van der Waals surface area contributed by atoms with Crippen molar-refractivity contribution >= 4 is 23.5 Å². The molecule has 3 atom stereocenters. The monoisotopic (exact) mass is 276 g/mol. The lowest BCUT2D eigenvalue weighted by Crippen LogP contribution is -2.42. The van der Waals surface area contributed by atoms with Crippen LogP contribution in [-0.4, -0.2) is 28.9 Å². The predicted octanol–water partition coefficient (Wildman–Crippen LogP) is 0.850. The van der Waals surface area contributed by atoms with Crippen molar-refractivity contribution in [3.8, 4) is 0 Å². The largest absolute Gasteiger partial charge is 0.481 e. The number of rotatable bonds is 5. The zero-order valence-corrected chi connectivity index (χ0v) is 11.0. The Hall–Kier alpha value is -2.37. The average molecular weight is 276 g/mol. The van der Waals surface area contributed by atoms with Gasteiger partial charge in [-0.3, -0.25) is 14.4 Å². The van der Waals surface area contributed by atoms with Gasteiger partial charge in [-0.2, -0.15) is 0 Å². The first kappa shape index (κ1) is 14.0. The Kier molecular flexibility index (Phi) is 4.02. The van der Waals surface area contributed by atoms with Crippen molar-refractivity contribution in [2.45, 2.75) is 19.4 Å². The summed E-state index contributed by atoms with van der Waals surface area (Å²) in [6.45, 7) is 1.56. The number of para-hydroxylation sites is 1. The van der Waals surface area contributed by atoms with Gasteiger partial charge in [0.25, 0.3) is 0 Å². The maximum atomic E-state index is 11.9. The van der Waals surface area contributed by atoms with Crippen molar-refractivity contribution in [1.29, 1.82) is 0 Å². The lowest BCUT2D eigenvalue weighted by Gasteiger charge is -2.14. The summed E-state index contributed by atoms with van der Waals surface area (Å²) in [5.41, 5.74) is 0.647. The molecule has 3 N–H and O–H groups in total. The maximum absolute atomic E-state index is 11.9. The number of hydrogen-bond donors (Lipinski definition) is 3. The van der Waals surface area contributed by atoms with Crippen LogP contribution in [0.15, 0.2) is 30.3 Å². The van der Waals surface area contributed by atoms with Crippen LogP contribution in [0.3, 0.4) is 0 Å². The molecule has 1 saturated carbocycles. The van der Waals surface area contributed by atoms with Gasteiger partial charge in [0.15, 0.2) is 0 Å². The highest BCUT2D eigenvalue weighted by atomic mass is 16.4. The molecule has 0 radical (unpaired) electrons. The van der Waals surface area contributed by atoms with Crippen LogP contribution in [0.1, 0.15) is 13.3 Å². The van der Waals surface area contributed by atoms with Crippen molar-refractivity contribution in [3.63, 3.8) is 0 Å². The second-order valence-electron chi connectivity index (χ2n) is 4.87. The second-order valence-corrected chi connectivity index (χ2v) is 4.87. The van der Waals surface area contributed by atoms with Gasteiger partial charge in [0.2, 0.25) is 11.8 Å². The van der Waals surface area contributed by atoms with E-state index in [0.29, 0.717) is 12.1 Å². The summed E-state index contributed by atoms with van der Waals surface area (Å²) < 4.78 is 0. The average Bonchev–Trinajstić information content (AvgIpc) is 3.20. The fourth-order valence-electron chi connectivity index (χ4n) is 1.92. The molecule has 6 nitrogen and oxygen atoms in total. The SMILES string of the molecule is CC(NC(=O)C1CC1C(=O)O)C(=O)Nc1ccccc1. The molecule has 0 aromatic heterocycles. The normalized spacial score (nSPS) is 21.6. The molecule has 1 aromatic carbocycles. The van der Waals surface area contributed by atoms with Crippen molar-refractivity contribution < 1.29 is 19.5 Å². The quantitative estimate of drug-likeness (QED) is 0.743. The smallest absolute Gasteiger partial charge is 0.307 e. The van der Waals surface area contributed by atoms with Crippen molar-refractivity contribution in [1.82, 2.24) is 5.32 Å². The van der Waals surface area contributed by atoms with Crippen LogP contribution in [0.5, 0.6) is 0 Å². The number of hydrogen-bond acceptors (Lipinski definition) is 3. The highest BCUT2D eigenvalue weighted by Gasteiger charge is 2.48. The fourth-order valence-corrected chi connectivity index (χ4v) is 1.92. The minimum absolute atomic E-state index is 0.336. The Labute approximate surface area is 116 Å². The van der Waals surface area contributed by atoms with Gasteiger partial charge < -0.3 is 15.7 Å². The minimum atomic E-state index is -0.966. The van der Waals surface area contributed by atoms with Crippen LogP contribution in [-0.2, 0) is 14.4 Å². The summed E-state index contributed by atoms with van der Waals surface area (Å²) in [7, 11) is 0. The number of carbonyl (C=O) groups excluding carboxylic acids is 2. The molecule has 0 heterocycles. The van der Waals surface area contributed by atoms with Gasteiger partial charge in [0.1, 0.15) is 6.04 Å². The van der Waals surface area contributed by atoms with Gasteiger partial charge in [-0.15, -0.1) is 0 Å². The van der Waals surface area contributed by atoms with Gasteiger partial charge in [0, 0.05) is 5.69 Å². The summed E-state index contributed by atoms with van der Waals surface area (Å²) in [6, 6.07) is 8.19. The Balaban J connectivity index is 1.83. The first-order valence-corrected chi connectivity index (χ1v) is 6.38. The van der Waals surface area contributed by atoms with Gasteiger partial charge in [-0.05, 0) is 25.5 Å². The van der Waals surface area contributed by atoms with Crippen LogP contribution in [0, 0.1) is 11.8 Å². The molecule has 1 aromatic rings. The van der Waals surface area contributed by atoms with E-state index in [-0.39, 0.29) is 11.8 Å². The third-order valence-electron chi connectivity index (χ3n) is 3.24. The van der Waals surface area contributed by atoms with Gasteiger partial charge in [-0.25, -0.2) is 0 Å². The molecule has 0 bridgehead atoms. The lowest BCUT2D eigenvalue weighted by atomic mass is 10.2. The summed E-state index contributed by atoms with van der Waals surface area (Å²) in [4.78, 5) is 34.3. The van der Waals surface area contributed by atoms with E-state index in [1.165, 1.54) is 0 Å². The Bertz CT molecular complexity index is 529. The Morgan fingerprint density at radius 1 is 1.20 bits per heavy atom. The number of amides is 2. The summed E-state index contributed by atoms with van der Waals surface area (Å²) in [5.74, 6) is -2.81. The first-order valence-electron chi connectivity index (χ1n) is 6.38. The third-order valence-corrected chi connectivity index (χ3v) is 3.24. The molecule has 1 aliphatic rings. The van der Waals surface area contributed by atoms with E-state index in [0.717, 1.165) is 0 Å². The Morgan fingerprint density at radius 2 is 1.85 bits per heavy atom. The number of carboxylic acid groups (broad SMARTS) is 1. The number of aliphatic carboxylic acids is 1. The van der Waals surface area contributed by atoms with Crippen LogP contribution >= 0.6 is 0 Å². The molecule has 106 valence electrons. The molecule has 0 spiro atoms. The molecule has 0 aliphatic heterocycles. The summed E-state index contributed by atoms with van der Waals surface area (Å²) in [6.07, 6.45) is 0.341. The molecule has 2 amide bonds. The summed E-state index contributed by atoms with van der Waals surface area (Å²) in [5, 5.41) is 14.0. The predicted molar refractivity (Wildman–Crippen MR) is 71.9 cm³/mol. The van der Waals surface area contributed by atoms with Gasteiger partial charge in [-0.1, -0.05) is 18.2 Å². The Morgan fingerprint density at radius 3 is 2.40 bits per heavy atom. The maximum Gasteiger partial charge on any atom is 0.307 e. The first-order chi connectivity index (χ1) is 9.49. The van der Waals surface area contributed by atoms with Crippen molar-refractivity contribution in [3.05, 3.63) is 30.3 Å². The van der Waals surface area contributed by atoms with E-state index in [4.69, 9.17) is 5.11 Å².